The molecule has 0 aliphatic rings. The van der Waals surface area contributed by atoms with Gasteiger partial charge in [0.25, 0.3) is 0 Å². The van der Waals surface area contributed by atoms with Crippen molar-refractivity contribution in [2.24, 2.45) is 7.05 Å². The smallest absolute Gasteiger partial charge is 0.148 e. The Morgan fingerprint density at radius 1 is 1.44 bits per heavy atom. The molecular formula is C13H26N4O. The number of ether oxygens (including phenoxy) is 1. The van der Waals surface area contributed by atoms with Gasteiger partial charge in [0.05, 0.1) is 24.0 Å². The molecule has 0 spiro atoms. The van der Waals surface area contributed by atoms with E-state index in [9.17, 15) is 0 Å². The van der Waals surface area contributed by atoms with Crippen molar-refractivity contribution in [3.05, 3.63) is 5.69 Å². The standard InChI is InChI=1S/C13H26N4O/c1-6-7-10(8-18-5)15-13-11(14)12(9(2)3)16-17(13)4/h9-10,15H,6-8,14H2,1-5H3. The van der Waals surface area contributed by atoms with E-state index in [1.54, 1.807) is 7.11 Å². The molecule has 0 radical (unpaired) electrons. The van der Waals surface area contributed by atoms with Gasteiger partial charge < -0.3 is 15.8 Å². The van der Waals surface area contributed by atoms with Crippen LogP contribution in [0.15, 0.2) is 0 Å². The number of hydrogen-bond acceptors (Lipinski definition) is 4. The number of aromatic nitrogens is 2. The number of nitrogens with two attached hydrogens (primary N) is 1. The second-order valence-electron chi connectivity index (χ2n) is 5.01. The second kappa shape index (κ2) is 6.64. The average molecular weight is 254 g/mol. The van der Waals surface area contributed by atoms with Crippen LogP contribution in [0.5, 0.6) is 0 Å². The minimum atomic E-state index is 0.276. The molecule has 0 aliphatic heterocycles. The van der Waals surface area contributed by atoms with E-state index in [0.717, 1.165) is 30.0 Å². The van der Waals surface area contributed by atoms with Crippen LogP contribution in [0.2, 0.25) is 0 Å². The molecule has 0 fully saturated rings. The molecule has 1 rings (SSSR count). The van der Waals surface area contributed by atoms with Gasteiger partial charge in [-0.15, -0.1) is 0 Å². The fraction of sp³-hybridized carbons (Fsp3) is 0.769. The fourth-order valence-electron chi connectivity index (χ4n) is 2.10. The highest BCUT2D eigenvalue weighted by Crippen LogP contribution is 2.28. The summed E-state index contributed by atoms with van der Waals surface area (Å²) in [6, 6.07) is 0.276. The zero-order chi connectivity index (χ0) is 13.7. The Hall–Kier alpha value is -1.23. The first-order chi connectivity index (χ1) is 8.51. The van der Waals surface area contributed by atoms with Crippen LogP contribution in [-0.2, 0) is 11.8 Å². The molecule has 3 N–H and O–H groups in total. The molecule has 1 aromatic heterocycles. The first kappa shape index (κ1) is 14.8. The van der Waals surface area contributed by atoms with Crippen LogP contribution in [0.25, 0.3) is 0 Å². The quantitative estimate of drug-likeness (QED) is 0.784. The molecule has 18 heavy (non-hydrogen) atoms. The average Bonchev–Trinajstić information content (AvgIpc) is 2.57. The number of anilines is 2. The Morgan fingerprint density at radius 3 is 2.56 bits per heavy atom. The Bertz CT molecular complexity index is 367. The molecule has 5 heteroatoms. The maximum atomic E-state index is 6.16. The fourth-order valence-corrected chi connectivity index (χ4v) is 2.10. The molecule has 1 heterocycles. The number of nitrogen functional groups attached to an aromatic ring is 1. The summed E-state index contributed by atoms with van der Waals surface area (Å²) < 4.78 is 7.05. The molecule has 1 unspecified atom stereocenters. The topological polar surface area (TPSA) is 65.1 Å². The van der Waals surface area contributed by atoms with Crippen molar-refractivity contribution in [2.45, 2.75) is 45.6 Å². The lowest BCUT2D eigenvalue weighted by atomic mass is 10.1. The number of nitrogens with zero attached hydrogens (tertiary/aromatic N) is 2. The number of hydrogen-bond donors (Lipinski definition) is 2. The highest BCUT2D eigenvalue weighted by atomic mass is 16.5. The highest BCUT2D eigenvalue weighted by molar-refractivity contribution is 5.66. The van der Waals surface area contributed by atoms with Gasteiger partial charge in [0.1, 0.15) is 5.82 Å². The number of methoxy groups -OCH3 is 1. The van der Waals surface area contributed by atoms with Crippen molar-refractivity contribution in [1.29, 1.82) is 0 Å². The Morgan fingerprint density at radius 2 is 2.11 bits per heavy atom. The summed E-state index contributed by atoms with van der Waals surface area (Å²) in [6.07, 6.45) is 2.16. The third kappa shape index (κ3) is 3.38. The molecule has 0 aliphatic carbocycles. The van der Waals surface area contributed by atoms with Crippen molar-refractivity contribution in [2.75, 3.05) is 24.8 Å². The lowest BCUT2D eigenvalue weighted by Gasteiger charge is -2.18. The van der Waals surface area contributed by atoms with E-state index in [0.29, 0.717) is 12.5 Å². The lowest BCUT2D eigenvalue weighted by molar-refractivity contribution is 0.182. The van der Waals surface area contributed by atoms with Gasteiger partial charge in [0.15, 0.2) is 0 Å². The van der Waals surface area contributed by atoms with Crippen LogP contribution >= 0.6 is 0 Å². The van der Waals surface area contributed by atoms with Gasteiger partial charge in [-0.2, -0.15) is 5.10 Å². The Kier molecular flexibility index (Phi) is 5.47. The molecule has 5 nitrogen and oxygen atoms in total. The molecule has 0 bridgehead atoms. The van der Waals surface area contributed by atoms with Gasteiger partial charge in [0, 0.05) is 14.2 Å². The maximum Gasteiger partial charge on any atom is 0.148 e. The molecule has 0 saturated heterocycles. The normalized spacial score (nSPS) is 13.0. The van der Waals surface area contributed by atoms with Crippen molar-refractivity contribution < 1.29 is 4.74 Å². The van der Waals surface area contributed by atoms with Crippen molar-refractivity contribution in [1.82, 2.24) is 9.78 Å². The van der Waals surface area contributed by atoms with Gasteiger partial charge >= 0.3 is 0 Å². The summed E-state index contributed by atoms with van der Waals surface area (Å²) in [5.41, 5.74) is 7.86. The zero-order valence-corrected chi connectivity index (χ0v) is 12.2. The summed E-state index contributed by atoms with van der Waals surface area (Å²) in [4.78, 5) is 0. The molecule has 0 aromatic carbocycles. The summed E-state index contributed by atoms with van der Waals surface area (Å²) in [5.74, 6) is 1.23. The van der Waals surface area contributed by atoms with Gasteiger partial charge in [-0.1, -0.05) is 27.2 Å². The Balaban J connectivity index is 2.88. The predicted molar refractivity (Wildman–Crippen MR) is 75.9 cm³/mol. The Labute approximate surface area is 110 Å². The highest BCUT2D eigenvalue weighted by Gasteiger charge is 2.18. The molecular weight excluding hydrogens is 228 g/mol. The van der Waals surface area contributed by atoms with E-state index in [1.165, 1.54) is 0 Å². The minimum absolute atomic E-state index is 0.276. The largest absolute Gasteiger partial charge is 0.394 e. The molecule has 104 valence electrons. The molecule has 0 saturated carbocycles. The van der Waals surface area contributed by atoms with Crippen LogP contribution in [0.1, 0.15) is 45.2 Å². The van der Waals surface area contributed by atoms with E-state index < -0.39 is 0 Å². The van der Waals surface area contributed by atoms with Crippen LogP contribution < -0.4 is 11.1 Å². The van der Waals surface area contributed by atoms with Crippen molar-refractivity contribution in [3.8, 4) is 0 Å². The minimum Gasteiger partial charge on any atom is -0.394 e. The lowest BCUT2D eigenvalue weighted by Crippen LogP contribution is -2.26. The van der Waals surface area contributed by atoms with Crippen LogP contribution in [0, 0.1) is 0 Å². The van der Waals surface area contributed by atoms with Gasteiger partial charge in [-0.25, -0.2) is 0 Å². The summed E-state index contributed by atoms with van der Waals surface area (Å²) in [7, 11) is 3.64. The van der Waals surface area contributed by atoms with E-state index in [2.05, 4.69) is 31.2 Å². The predicted octanol–water partition coefficient (Wildman–Crippen LogP) is 2.35. The van der Waals surface area contributed by atoms with Gasteiger partial charge in [0.2, 0.25) is 0 Å². The number of nitrogens with one attached hydrogen (secondary N) is 1. The van der Waals surface area contributed by atoms with E-state index in [1.807, 2.05) is 11.7 Å². The van der Waals surface area contributed by atoms with Gasteiger partial charge in [-0.3, -0.25) is 4.68 Å². The van der Waals surface area contributed by atoms with Gasteiger partial charge in [-0.05, 0) is 12.3 Å². The van der Waals surface area contributed by atoms with Crippen LogP contribution in [0.3, 0.4) is 0 Å². The first-order valence-electron chi connectivity index (χ1n) is 6.59. The van der Waals surface area contributed by atoms with Crippen molar-refractivity contribution in [3.63, 3.8) is 0 Å². The number of rotatable bonds is 7. The van der Waals surface area contributed by atoms with Crippen LogP contribution in [-0.4, -0.2) is 29.5 Å². The summed E-state index contributed by atoms with van der Waals surface area (Å²) in [6.45, 7) is 7.04. The third-order valence-corrected chi connectivity index (χ3v) is 3.01. The van der Waals surface area contributed by atoms with Crippen LogP contribution in [0.4, 0.5) is 11.5 Å². The SMILES string of the molecule is CCCC(COC)Nc1c(N)c(C(C)C)nn1C. The maximum absolute atomic E-state index is 6.16. The van der Waals surface area contributed by atoms with E-state index in [-0.39, 0.29) is 6.04 Å². The molecule has 1 aromatic rings. The third-order valence-electron chi connectivity index (χ3n) is 3.01. The van der Waals surface area contributed by atoms with Crippen molar-refractivity contribution >= 4 is 11.5 Å². The molecule has 1 atom stereocenters. The zero-order valence-electron chi connectivity index (χ0n) is 12.2. The monoisotopic (exact) mass is 254 g/mol. The summed E-state index contributed by atoms with van der Waals surface area (Å²) in [5, 5.41) is 7.91. The van der Waals surface area contributed by atoms with E-state index in [4.69, 9.17) is 10.5 Å². The first-order valence-corrected chi connectivity index (χ1v) is 6.59. The van der Waals surface area contributed by atoms with E-state index >= 15 is 0 Å². The second-order valence-corrected chi connectivity index (χ2v) is 5.01. The number of aryl methyl sites for hydroxylation is 1. The molecule has 0 amide bonds. The summed E-state index contributed by atoms with van der Waals surface area (Å²) >= 11 is 0.